The Morgan fingerprint density at radius 2 is 1.71 bits per heavy atom. The van der Waals surface area contributed by atoms with Gasteiger partial charge in [0.1, 0.15) is 11.5 Å². The summed E-state index contributed by atoms with van der Waals surface area (Å²) in [5, 5.41) is 0.449. The van der Waals surface area contributed by atoms with Crippen LogP contribution in [-0.4, -0.2) is 69.3 Å². The van der Waals surface area contributed by atoms with Gasteiger partial charge in [-0.1, -0.05) is 11.6 Å². The summed E-state index contributed by atoms with van der Waals surface area (Å²) in [5.74, 6) is -0.425. The van der Waals surface area contributed by atoms with Crippen LogP contribution < -0.4 is 15.2 Å². The van der Waals surface area contributed by atoms with Crippen molar-refractivity contribution in [3.63, 3.8) is 0 Å². The first-order chi connectivity index (χ1) is 14.7. The molecule has 9 nitrogen and oxygen atoms in total. The van der Waals surface area contributed by atoms with Crippen LogP contribution in [0.2, 0.25) is 5.02 Å². The van der Waals surface area contributed by atoms with E-state index in [2.05, 4.69) is 0 Å². The topological polar surface area (TPSA) is 119 Å². The molecule has 0 unspecified atom stereocenters. The molecule has 0 aromatic heterocycles. The first kappa shape index (κ1) is 22.9. The number of halogens is 1. The highest BCUT2D eigenvalue weighted by Gasteiger charge is 2.30. The van der Waals surface area contributed by atoms with Gasteiger partial charge in [-0.2, -0.15) is 4.31 Å². The molecule has 0 saturated carbocycles. The molecule has 1 fully saturated rings. The van der Waals surface area contributed by atoms with Gasteiger partial charge in [0.15, 0.2) is 6.61 Å². The molecule has 1 aliphatic rings. The summed E-state index contributed by atoms with van der Waals surface area (Å²) in [6.07, 6.45) is 0. The Morgan fingerprint density at radius 1 is 1.06 bits per heavy atom. The molecule has 0 aliphatic carbocycles. The molecule has 1 saturated heterocycles. The number of carbonyl (C=O) groups is 2. The number of hydrogen-bond donors (Lipinski definition) is 1. The lowest BCUT2D eigenvalue weighted by Crippen LogP contribution is -2.51. The molecule has 2 aromatic carbocycles. The molecule has 2 N–H and O–H groups in total. The lowest BCUT2D eigenvalue weighted by atomic mass is 10.2. The first-order valence-corrected chi connectivity index (χ1v) is 11.2. The number of benzene rings is 2. The van der Waals surface area contributed by atoms with Gasteiger partial charge in [-0.05, 0) is 36.4 Å². The van der Waals surface area contributed by atoms with Crippen molar-refractivity contribution in [2.24, 2.45) is 5.73 Å². The van der Waals surface area contributed by atoms with Crippen LogP contribution in [0.4, 0.5) is 0 Å². The molecule has 166 valence electrons. The van der Waals surface area contributed by atoms with Crippen LogP contribution in [-0.2, 0) is 14.8 Å². The zero-order valence-electron chi connectivity index (χ0n) is 16.8. The highest BCUT2D eigenvalue weighted by Crippen LogP contribution is 2.25. The zero-order valence-corrected chi connectivity index (χ0v) is 18.4. The fraction of sp³-hybridized carbons (Fsp3) is 0.300. The number of sulfonamides is 1. The highest BCUT2D eigenvalue weighted by molar-refractivity contribution is 7.89. The second-order valence-electron chi connectivity index (χ2n) is 6.75. The van der Waals surface area contributed by atoms with E-state index < -0.39 is 15.9 Å². The number of rotatable bonds is 7. The third-order valence-corrected chi connectivity index (χ3v) is 7.01. The summed E-state index contributed by atoms with van der Waals surface area (Å²) in [6, 6.07) is 10.4. The number of ether oxygens (including phenoxy) is 2. The third-order valence-electron chi connectivity index (χ3n) is 4.85. The molecule has 11 heteroatoms. The van der Waals surface area contributed by atoms with Crippen LogP contribution in [0, 0.1) is 0 Å². The lowest BCUT2D eigenvalue weighted by Gasteiger charge is -2.34. The minimum Gasteiger partial charge on any atom is -0.497 e. The molecule has 2 aromatic rings. The van der Waals surface area contributed by atoms with Crippen molar-refractivity contribution in [1.82, 2.24) is 9.21 Å². The van der Waals surface area contributed by atoms with Gasteiger partial charge in [-0.25, -0.2) is 8.42 Å². The quantitative estimate of drug-likeness (QED) is 0.656. The number of nitrogens with zero attached hydrogens (tertiary/aromatic N) is 2. The van der Waals surface area contributed by atoms with Gasteiger partial charge in [0.25, 0.3) is 11.8 Å². The summed E-state index contributed by atoms with van der Waals surface area (Å²) >= 11 is 5.82. The maximum Gasteiger partial charge on any atom is 0.260 e. The average molecular weight is 468 g/mol. The van der Waals surface area contributed by atoms with Gasteiger partial charge >= 0.3 is 0 Å². The molecule has 0 atom stereocenters. The molecule has 0 bridgehead atoms. The van der Waals surface area contributed by atoms with Crippen molar-refractivity contribution in [3.05, 3.63) is 53.1 Å². The Morgan fingerprint density at radius 3 is 2.29 bits per heavy atom. The number of nitrogens with two attached hydrogens (primary N) is 1. The monoisotopic (exact) mass is 467 g/mol. The van der Waals surface area contributed by atoms with E-state index in [0.717, 1.165) is 0 Å². The van der Waals surface area contributed by atoms with Gasteiger partial charge in [0.2, 0.25) is 10.0 Å². The molecule has 0 radical (unpaired) electrons. The lowest BCUT2D eigenvalue weighted by molar-refractivity contribution is -0.134. The Kier molecular flexibility index (Phi) is 7.04. The van der Waals surface area contributed by atoms with Crippen molar-refractivity contribution in [2.45, 2.75) is 4.90 Å². The number of hydrogen-bond acceptors (Lipinski definition) is 6. The minimum absolute atomic E-state index is 0.132. The Bertz CT molecular complexity index is 1070. The fourth-order valence-corrected chi connectivity index (χ4v) is 4.67. The highest BCUT2D eigenvalue weighted by atomic mass is 35.5. The molecule has 1 aliphatic heterocycles. The third kappa shape index (κ3) is 5.27. The molecule has 3 rings (SSSR count). The van der Waals surface area contributed by atoms with Crippen LogP contribution in [0.3, 0.4) is 0 Å². The second kappa shape index (κ2) is 9.54. The van der Waals surface area contributed by atoms with Gasteiger partial charge in [-0.15, -0.1) is 0 Å². The summed E-state index contributed by atoms with van der Waals surface area (Å²) in [4.78, 5) is 25.8. The van der Waals surface area contributed by atoms with Crippen molar-refractivity contribution in [2.75, 3.05) is 39.9 Å². The SMILES string of the molecule is COc1ccc(C(N)=O)c(OCC(=O)N2CCN(S(=O)(=O)c3ccc(Cl)cc3)CC2)c1. The van der Waals surface area contributed by atoms with Gasteiger partial charge in [0.05, 0.1) is 17.6 Å². The van der Waals surface area contributed by atoms with Crippen molar-refractivity contribution >= 4 is 33.4 Å². The van der Waals surface area contributed by atoms with Gasteiger partial charge in [0, 0.05) is 37.3 Å². The fourth-order valence-electron chi connectivity index (χ4n) is 3.12. The number of piperazine rings is 1. The van der Waals surface area contributed by atoms with E-state index >= 15 is 0 Å². The largest absolute Gasteiger partial charge is 0.497 e. The first-order valence-electron chi connectivity index (χ1n) is 9.36. The summed E-state index contributed by atoms with van der Waals surface area (Å²) in [6.45, 7) is 0.424. The Balaban J connectivity index is 1.60. The summed E-state index contributed by atoms with van der Waals surface area (Å²) in [5.41, 5.74) is 5.47. The van der Waals surface area contributed by atoms with E-state index in [4.69, 9.17) is 26.8 Å². The number of carbonyl (C=O) groups excluding carboxylic acids is 2. The average Bonchev–Trinajstić information content (AvgIpc) is 2.77. The van der Waals surface area contributed by atoms with Crippen LogP contribution in [0.25, 0.3) is 0 Å². The van der Waals surface area contributed by atoms with Crippen molar-refractivity contribution in [3.8, 4) is 11.5 Å². The Labute approximate surface area is 185 Å². The van der Waals surface area contributed by atoms with Crippen LogP contribution in [0.1, 0.15) is 10.4 Å². The van der Waals surface area contributed by atoms with E-state index in [1.165, 1.54) is 52.7 Å². The standard InChI is InChI=1S/C20H22ClN3O6S/c1-29-15-4-7-17(20(22)26)18(12-15)30-13-19(25)23-8-10-24(11-9-23)31(27,28)16-5-2-14(21)3-6-16/h2-7,12H,8-11,13H2,1H3,(H2,22,26). The van der Waals surface area contributed by atoms with E-state index in [1.54, 1.807) is 6.07 Å². The minimum atomic E-state index is -3.67. The van der Waals surface area contributed by atoms with Crippen molar-refractivity contribution < 1.29 is 27.5 Å². The van der Waals surface area contributed by atoms with Crippen molar-refractivity contribution in [1.29, 1.82) is 0 Å². The van der Waals surface area contributed by atoms with E-state index in [1.807, 2.05) is 0 Å². The van der Waals surface area contributed by atoms with Gasteiger partial charge < -0.3 is 20.1 Å². The molecule has 31 heavy (non-hydrogen) atoms. The predicted molar refractivity (Wildman–Crippen MR) is 114 cm³/mol. The van der Waals surface area contributed by atoms with E-state index in [9.17, 15) is 18.0 Å². The van der Waals surface area contributed by atoms with E-state index in [0.29, 0.717) is 10.8 Å². The summed E-state index contributed by atoms with van der Waals surface area (Å²) < 4.78 is 37.4. The smallest absolute Gasteiger partial charge is 0.260 e. The van der Waals surface area contributed by atoms with Crippen LogP contribution >= 0.6 is 11.6 Å². The summed E-state index contributed by atoms with van der Waals surface area (Å²) in [7, 11) is -2.20. The number of primary amides is 1. The number of methoxy groups -OCH3 is 1. The van der Waals surface area contributed by atoms with Gasteiger partial charge in [-0.3, -0.25) is 9.59 Å². The predicted octanol–water partition coefficient (Wildman–Crippen LogP) is 1.36. The van der Waals surface area contributed by atoms with Crippen LogP contribution in [0.5, 0.6) is 11.5 Å². The zero-order chi connectivity index (χ0) is 22.6. The maximum absolute atomic E-state index is 12.7. The molecular formula is C20H22ClN3O6S. The molecule has 2 amide bonds. The molecular weight excluding hydrogens is 446 g/mol. The Hall–Kier alpha value is -2.82. The van der Waals surface area contributed by atoms with Crippen LogP contribution in [0.15, 0.2) is 47.4 Å². The normalized spacial score (nSPS) is 14.8. The molecule has 0 spiro atoms. The maximum atomic E-state index is 12.7. The molecule has 1 heterocycles. The number of amides is 2. The van der Waals surface area contributed by atoms with E-state index in [-0.39, 0.29) is 54.9 Å². The second-order valence-corrected chi connectivity index (χ2v) is 9.13.